The highest BCUT2D eigenvalue weighted by atomic mass is 16.3. The number of rotatable bonds is 2. The van der Waals surface area contributed by atoms with E-state index in [1.807, 2.05) is 0 Å². The highest BCUT2D eigenvalue weighted by Gasteiger charge is 2.33. The van der Waals surface area contributed by atoms with Crippen molar-refractivity contribution in [2.75, 3.05) is 6.54 Å². The van der Waals surface area contributed by atoms with Crippen LogP contribution in [0.25, 0.3) is 0 Å². The summed E-state index contributed by atoms with van der Waals surface area (Å²) in [6.07, 6.45) is 1.83. The molecular weight excluding hydrogens is 222 g/mol. The van der Waals surface area contributed by atoms with Gasteiger partial charge in [-0.1, -0.05) is 23.8 Å². The summed E-state index contributed by atoms with van der Waals surface area (Å²) in [5, 5.41) is 9.86. The first-order valence-electron chi connectivity index (χ1n) is 6.88. The summed E-state index contributed by atoms with van der Waals surface area (Å²) in [6.45, 7) is 10.6. The fourth-order valence-electron chi connectivity index (χ4n) is 2.78. The second kappa shape index (κ2) is 5.02. The monoisotopic (exact) mass is 247 g/mol. The summed E-state index contributed by atoms with van der Waals surface area (Å²) in [7, 11) is 0. The summed E-state index contributed by atoms with van der Waals surface area (Å²) in [6, 6.07) is 6.64. The first kappa shape index (κ1) is 13.6. The van der Waals surface area contributed by atoms with Gasteiger partial charge in [-0.3, -0.25) is 4.90 Å². The maximum absolute atomic E-state index is 9.86. The quantitative estimate of drug-likeness (QED) is 0.868. The molecular formula is C16H25NO. The molecule has 0 bridgehead atoms. The fourth-order valence-corrected chi connectivity index (χ4v) is 2.78. The lowest BCUT2D eigenvalue weighted by Crippen LogP contribution is -2.51. The first-order chi connectivity index (χ1) is 8.38. The van der Waals surface area contributed by atoms with Gasteiger partial charge in [-0.15, -0.1) is 0 Å². The average Bonchev–Trinajstić information content (AvgIpc) is 2.27. The van der Waals surface area contributed by atoms with Gasteiger partial charge in [-0.05, 0) is 51.7 Å². The van der Waals surface area contributed by atoms with E-state index < -0.39 is 0 Å². The van der Waals surface area contributed by atoms with Crippen molar-refractivity contribution >= 4 is 0 Å². The van der Waals surface area contributed by atoms with Crippen molar-refractivity contribution in [2.45, 2.75) is 58.7 Å². The molecule has 0 aromatic heterocycles. The van der Waals surface area contributed by atoms with Crippen LogP contribution in [0, 0.1) is 13.8 Å². The SMILES string of the molecule is Cc1ccc(CN2CC(O)CCC2(C)C)c(C)c1. The van der Waals surface area contributed by atoms with Gasteiger partial charge in [-0.25, -0.2) is 0 Å². The normalized spacial score (nSPS) is 24.2. The average molecular weight is 247 g/mol. The van der Waals surface area contributed by atoms with Gasteiger partial charge in [0, 0.05) is 18.6 Å². The minimum absolute atomic E-state index is 0.163. The first-order valence-corrected chi connectivity index (χ1v) is 6.88. The standard InChI is InChI=1S/C16H25NO/c1-12-5-6-14(13(2)9-12)10-17-11-15(18)7-8-16(17,3)4/h5-6,9,15,18H,7-8,10-11H2,1-4H3. The molecule has 1 heterocycles. The number of hydrogen-bond donors (Lipinski definition) is 1. The van der Waals surface area contributed by atoms with Crippen LogP contribution in [-0.4, -0.2) is 28.2 Å². The van der Waals surface area contributed by atoms with Gasteiger partial charge < -0.3 is 5.11 Å². The molecule has 1 aliphatic heterocycles. The number of likely N-dealkylation sites (tertiary alicyclic amines) is 1. The summed E-state index contributed by atoms with van der Waals surface area (Å²) in [5.41, 5.74) is 4.24. The van der Waals surface area contributed by atoms with Crippen molar-refractivity contribution in [3.05, 3.63) is 34.9 Å². The van der Waals surface area contributed by atoms with Crippen molar-refractivity contribution in [2.24, 2.45) is 0 Å². The Hall–Kier alpha value is -0.860. The van der Waals surface area contributed by atoms with E-state index in [9.17, 15) is 5.11 Å². The zero-order valence-corrected chi connectivity index (χ0v) is 12.0. The number of aliphatic hydroxyl groups is 1. The Morgan fingerprint density at radius 2 is 2.06 bits per heavy atom. The molecule has 2 rings (SSSR count). The van der Waals surface area contributed by atoms with Gasteiger partial charge in [0.05, 0.1) is 6.10 Å². The molecule has 1 N–H and O–H groups in total. The highest BCUT2D eigenvalue weighted by Crippen LogP contribution is 2.29. The Bertz CT molecular complexity index is 425. The van der Waals surface area contributed by atoms with Crippen LogP contribution in [-0.2, 0) is 6.54 Å². The van der Waals surface area contributed by atoms with E-state index >= 15 is 0 Å². The minimum Gasteiger partial charge on any atom is -0.392 e. The molecule has 0 spiro atoms. The van der Waals surface area contributed by atoms with Crippen LogP contribution in [0.5, 0.6) is 0 Å². The molecule has 0 saturated carbocycles. The number of aryl methyl sites for hydroxylation is 2. The fraction of sp³-hybridized carbons (Fsp3) is 0.625. The smallest absolute Gasteiger partial charge is 0.0668 e. The number of hydrogen-bond acceptors (Lipinski definition) is 2. The van der Waals surface area contributed by atoms with E-state index in [0.29, 0.717) is 0 Å². The molecule has 1 atom stereocenters. The van der Waals surface area contributed by atoms with E-state index in [4.69, 9.17) is 0 Å². The van der Waals surface area contributed by atoms with Crippen molar-refractivity contribution in [1.82, 2.24) is 4.90 Å². The predicted octanol–water partition coefficient (Wildman–Crippen LogP) is 3.04. The van der Waals surface area contributed by atoms with Gasteiger partial charge in [0.15, 0.2) is 0 Å². The van der Waals surface area contributed by atoms with Crippen molar-refractivity contribution in [3.63, 3.8) is 0 Å². The zero-order valence-electron chi connectivity index (χ0n) is 12.0. The van der Waals surface area contributed by atoms with Crippen LogP contribution in [0.1, 0.15) is 43.4 Å². The lowest BCUT2D eigenvalue weighted by molar-refractivity contribution is -0.00969. The number of β-amino-alcohol motifs (C(OH)–C–C–N with tert-alkyl or cyclic N) is 1. The topological polar surface area (TPSA) is 23.5 Å². The molecule has 0 amide bonds. The molecule has 0 aliphatic carbocycles. The largest absolute Gasteiger partial charge is 0.392 e. The molecule has 2 nitrogen and oxygen atoms in total. The van der Waals surface area contributed by atoms with Gasteiger partial charge in [0.1, 0.15) is 0 Å². The van der Waals surface area contributed by atoms with E-state index in [1.54, 1.807) is 0 Å². The second-order valence-electron chi connectivity index (χ2n) is 6.32. The van der Waals surface area contributed by atoms with Crippen LogP contribution in [0.2, 0.25) is 0 Å². The maximum Gasteiger partial charge on any atom is 0.0668 e. The number of benzene rings is 1. The van der Waals surface area contributed by atoms with Gasteiger partial charge in [0.2, 0.25) is 0 Å². The molecule has 1 unspecified atom stereocenters. The zero-order chi connectivity index (χ0) is 13.3. The van der Waals surface area contributed by atoms with Crippen LogP contribution in [0.4, 0.5) is 0 Å². The van der Waals surface area contributed by atoms with Crippen molar-refractivity contribution < 1.29 is 5.11 Å². The molecule has 1 aromatic carbocycles. The summed E-state index contributed by atoms with van der Waals surface area (Å²) >= 11 is 0. The minimum atomic E-state index is -0.163. The summed E-state index contributed by atoms with van der Waals surface area (Å²) < 4.78 is 0. The third-order valence-electron chi connectivity index (χ3n) is 4.24. The lowest BCUT2D eigenvalue weighted by atomic mass is 9.88. The van der Waals surface area contributed by atoms with E-state index in [-0.39, 0.29) is 11.6 Å². The Morgan fingerprint density at radius 1 is 1.33 bits per heavy atom. The molecule has 0 radical (unpaired) electrons. The Balaban J connectivity index is 2.16. The van der Waals surface area contributed by atoms with Crippen LogP contribution < -0.4 is 0 Å². The Labute approximate surface area is 111 Å². The Morgan fingerprint density at radius 3 is 2.72 bits per heavy atom. The van der Waals surface area contributed by atoms with Crippen LogP contribution in [0.15, 0.2) is 18.2 Å². The van der Waals surface area contributed by atoms with Crippen LogP contribution >= 0.6 is 0 Å². The third kappa shape index (κ3) is 2.93. The molecule has 100 valence electrons. The third-order valence-corrected chi connectivity index (χ3v) is 4.24. The second-order valence-corrected chi connectivity index (χ2v) is 6.32. The molecule has 1 aromatic rings. The van der Waals surface area contributed by atoms with Gasteiger partial charge in [-0.2, -0.15) is 0 Å². The van der Waals surface area contributed by atoms with E-state index in [2.05, 4.69) is 50.8 Å². The summed E-state index contributed by atoms with van der Waals surface area (Å²) in [4.78, 5) is 2.42. The molecule has 1 fully saturated rings. The summed E-state index contributed by atoms with van der Waals surface area (Å²) in [5.74, 6) is 0. The molecule has 1 saturated heterocycles. The molecule has 2 heteroatoms. The van der Waals surface area contributed by atoms with Crippen molar-refractivity contribution in [1.29, 1.82) is 0 Å². The highest BCUT2D eigenvalue weighted by molar-refractivity contribution is 5.30. The van der Waals surface area contributed by atoms with Gasteiger partial charge >= 0.3 is 0 Å². The number of piperidine rings is 1. The predicted molar refractivity (Wildman–Crippen MR) is 75.6 cm³/mol. The van der Waals surface area contributed by atoms with Crippen molar-refractivity contribution in [3.8, 4) is 0 Å². The van der Waals surface area contributed by atoms with E-state index in [0.717, 1.165) is 25.9 Å². The Kier molecular flexibility index (Phi) is 3.79. The molecule has 18 heavy (non-hydrogen) atoms. The number of aliphatic hydroxyl groups excluding tert-OH is 1. The lowest BCUT2D eigenvalue weighted by Gasteiger charge is -2.44. The maximum atomic E-state index is 9.86. The van der Waals surface area contributed by atoms with Crippen LogP contribution in [0.3, 0.4) is 0 Å². The van der Waals surface area contributed by atoms with E-state index in [1.165, 1.54) is 16.7 Å². The molecule has 1 aliphatic rings. The number of nitrogens with zero attached hydrogens (tertiary/aromatic N) is 1. The van der Waals surface area contributed by atoms with Gasteiger partial charge in [0.25, 0.3) is 0 Å².